The molecule has 1 atom stereocenters. The molecule has 1 nitrogen and oxygen atoms in total. The zero-order valence-electron chi connectivity index (χ0n) is 12.9. The molecule has 0 aliphatic heterocycles. The Morgan fingerprint density at radius 3 is 2.53 bits per heavy atom. The van der Waals surface area contributed by atoms with Crippen LogP contribution in [0.1, 0.15) is 39.5 Å². The minimum absolute atomic E-state index is 0.367. The predicted molar refractivity (Wildman–Crippen MR) is 88.1 cm³/mol. The lowest BCUT2D eigenvalue weighted by molar-refractivity contribution is -0.111. The molecular formula is C16H26OSSi. The van der Waals surface area contributed by atoms with Crippen LogP contribution in [0.5, 0.6) is 0 Å². The lowest BCUT2D eigenvalue weighted by Crippen LogP contribution is -2.34. The van der Waals surface area contributed by atoms with Gasteiger partial charge in [0.1, 0.15) is 0 Å². The second-order valence-electron chi connectivity index (χ2n) is 7.03. The van der Waals surface area contributed by atoms with E-state index in [0.717, 1.165) is 11.3 Å². The second kappa shape index (κ2) is 5.61. The summed E-state index contributed by atoms with van der Waals surface area (Å²) in [7, 11) is -1.52. The van der Waals surface area contributed by atoms with Crippen LogP contribution >= 0.6 is 11.8 Å². The van der Waals surface area contributed by atoms with Crippen molar-refractivity contribution in [1.82, 2.24) is 0 Å². The third kappa shape index (κ3) is 3.25. The maximum Gasteiger partial charge on any atom is 0.191 e. The van der Waals surface area contributed by atoms with E-state index in [1.54, 1.807) is 11.8 Å². The summed E-state index contributed by atoms with van der Waals surface area (Å²) in [6, 6.07) is 0. The summed E-state index contributed by atoms with van der Waals surface area (Å²) in [4.78, 5) is 14.0. The Bertz CT molecular complexity index is 440. The van der Waals surface area contributed by atoms with Crippen LogP contribution in [0.3, 0.4) is 0 Å². The molecule has 19 heavy (non-hydrogen) atoms. The Labute approximate surface area is 122 Å². The van der Waals surface area contributed by atoms with Gasteiger partial charge in [0, 0.05) is 5.25 Å². The molecule has 0 aromatic carbocycles. The minimum Gasteiger partial charge on any atom is -0.289 e. The highest BCUT2D eigenvalue weighted by atomic mass is 32.2. The number of hydrogen-bond donors (Lipinski definition) is 0. The number of fused-ring (bicyclic) bond motifs is 1. The van der Waals surface area contributed by atoms with E-state index in [0.29, 0.717) is 17.0 Å². The van der Waals surface area contributed by atoms with Crippen LogP contribution < -0.4 is 0 Å². The monoisotopic (exact) mass is 294 g/mol. The van der Waals surface area contributed by atoms with Gasteiger partial charge in [-0.1, -0.05) is 46.0 Å². The van der Waals surface area contributed by atoms with Crippen LogP contribution in [-0.2, 0) is 4.79 Å². The van der Waals surface area contributed by atoms with Gasteiger partial charge in [0.05, 0.1) is 13.0 Å². The van der Waals surface area contributed by atoms with Gasteiger partial charge in [0.25, 0.3) is 0 Å². The van der Waals surface area contributed by atoms with Crippen molar-refractivity contribution in [1.29, 1.82) is 0 Å². The highest BCUT2D eigenvalue weighted by Gasteiger charge is 2.36. The average molecular weight is 295 g/mol. The van der Waals surface area contributed by atoms with Gasteiger partial charge < -0.3 is 0 Å². The van der Waals surface area contributed by atoms with Crippen molar-refractivity contribution in [2.24, 2.45) is 5.92 Å². The summed E-state index contributed by atoms with van der Waals surface area (Å²) in [5.41, 5.74) is 1.46. The third-order valence-corrected chi connectivity index (χ3v) is 7.10. The van der Waals surface area contributed by atoms with Crippen molar-refractivity contribution < 1.29 is 4.79 Å². The van der Waals surface area contributed by atoms with Crippen LogP contribution in [0.15, 0.2) is 21.8 Å². The number of hydrogen-bond acceptors (Lipinski definition) is 2. The number of carbonyl (C=O) groups is 1. The minimum atomic E-state index is -1.52. The van der Waals surface area contributed by atoms with Crippen molar-refractivity contribution >= 4 is 25.6 Å². The van der Waals surface area contributed by atoms with E-state index >= 15 is 0 Å². The van der Waals surface area contributed by atoms with E-state index in [2.05, 4.69) is 39.6 Å². The molecule has 2 aliphatic carbocycles. The molecule has 1 saturated carbocycles. The zero-order chi connectivity index (χ0) is 14.2. The van der Waals surface area contributed by atoms with E-state index in [1.165, 1.54) is 30.0 Å². The van der Waals surface area contributed by atoms with E-state index in [4.69, 9.17) is 0 Å². The van der Waals surface area contributed by atoms with Crippen molar-refractivity contribution in [3.05, 3.63) is 21.8 Å². The first-order valence-electron chi connectivity index (χ1n) is 7.47. The Morgan fingerprint density at radius 2 is 1.95 bits per heavy atom. The molecule has 0 aromatic heterocycles. The van der Waals surface area contributed by atoms with Crippen LogP contribution in [0.25, 0.3) is 0 Å². The average Bonchev–Trinajstić information content (AvgIpc) is 2.30. The molecule has 106 valence electrons. The van der Waals surface area contributed by atoms with Crippen LogP contribution in [0, 0.1) is 5.92 Å². The summed E-state index contributed by atoms with van der Waals surface area (Å²) >= 11 is 1.80. The molecule has 0 amide bonds. The highest BCUT2D eigenvalue weighted by Crippen LogP contribution is 2.43. The molecule has 2 aliphatic rings. The lowest BCUT2D eigenvalue weighted by Gasteiger charge is -2.34. The zero-order valence-corrected chi connectivity index (χ0v) is 14.7. The third-order valence-electron chi connectivity index (χ3n) is 3.93. The van der Waals surface area contributed by atoms with E-state index < -0.39 is 8.07 Å². The van der Waals surface area contributed by atoms with Gasteiger partial charge in [-0.2, -0.15) is 0 Å². The first kappa shape index (κ1) is 15.1. The summed E-state index contributed by atoms with van der Waals surface area (Å²) in [6.07, 6.45) is 7.31. The fourth-order valence-corrected chi connectivity index (χ4v) is 5.70. The van der Waals surface area contributed by atoms with Gasteiger partial charge >= 0.3 is 0 Å². The Morgan fingerprint density at radius 1 is 1.26 bits per heavy atom. The highest BCUT2D eigenvalue weighted by molar-refractivity contribution is 8.04. The molecule has 0 bridgehead atoms. The molecule has 0 aromatic rings. The van der Waals surface area contributed by atoms with Crippen molar-refractivity contribution in [3.63, 3.8) is 0 Å². The summed E-state index contributed by atoms with van der Waals surface area (Å²) < 4.78 is 0. The van der Waals surface area contributed by atoms with Gasteiger partial charge in [0.2, 0.25) is 0 Å². The maximum atomic E-state index is 12.9. The standard InChI is InChI=1S/C16H26OSSi/c1-11(2)18-16-13-9-7-6-8-12(13)10-14(15(16)17)19(3,4)5/h10-12H,6-9H2,1-5H3. The van der Waals surface area contributed by atoms with Crippen LogP contribution in [0.4, 0.5) is 0 Å². The SMILES string of the molecule is CC(C)SC1=C2CCCCC2C=C([Si](C)(C)C)C1=O. The summed E-state index contributed by atoms with van der Waals surface area (Å²) in [5.74, 6) is 0.931. The molecule has 2 rings (SSSR count). The Kier molecular flexibility index (Phi) is 4.46. The quantitative estimate of drug-likeness (QED) is 0.684. The van der Waals surface area contributed by atoms with Crippen molar-refractivity contribution in [2.75, 3.05) is 0 Å². The van der Waals surface area contributed by atoms with Gasteiger partial charge in [-0.15, -0.1) is 11.8 Å². The maximum absolute atomic E-state index is 12.9. The van der Waals surface area contributed by atoms with E-state index in [-0.39, 0.29) is 0 Å². The fraction of sp³-hybridized carbons (Fsp3) is 0.688. The first-order chi connectivity index (χ1) is 8.80. The second-order valence-corrected chi connectivity index (χ2v) is 13.7. The van der Waals surface area contributed by atoms with Gasteiger partial charge in [-0.25, -0.2) is 0 Å². The fourth-order valence-electron chi connectivity index (χ4n) is 3.01. The topological polar surface area (TPSA) is 17.1 Å². The number of carbonyl (C=O) groups excluding carboxylic acids is 1. The normalized spacial score (nSPS) is 24.6. The molecule has 0 heterocycles. The summed E-state index contributed by atoms with van der Waals surface area (Å²) in [6.45, 7) is 11.3. The largest absolute Gasteiger partial charge is 0.289 e. The van der Waals surface area contributed by atoms with Gasteiger partial charge in [-0.05, 0) is 35.9 Å². The summed E-state index contributed by atoms with van der Waals surface area (Å²) in [5, 5.41) is 1.67. The molecular weight excluding hydrogens is 268 g/mol. The van der Waals surface area contributed by atoms with Crippen molar-refractivity contribution in [2.45, 2.75) is 64.4 Å². The molecule has 0 radical (unpaired) electrons. The first-order valence-corrected chi connectivity index (χ1v) is 11.9. The van der Waals surface area contributed by atoms with E-state index in [9.17, 15) is 4.79 Å². The lowest BCUT2D eigenvalue weighted by atomic mass is 9.81. The van der Waals surface area contributed by atoms with Gasteiger partial charge in [0.15, 0.2) is 5.78 Å². The number of rotatable bonds is 3. The molecule has 0 N–H and O–H groups in total. The predicted octanol–water partition coefficient (Wildman–Crippen LogP) is 4.96. The Hall–Kier alpha value is -0.283. The molecule has 0 saturated heterocycles. The van der Waals surface area contributed by atoms with Crippen molar-refractivity contribution in [3.8, 4) is 0 Å². The number of thioether (sulfide) groups is 1. The molecule has 1 fully saturated rings. The van der Waals surface area contributed by atoms with Crippen LogP contribution in [-0.4, -0.2) is 19.1 Å². The van der Waals surface area contributed by atoms with E-state index in [1.807, 2.05) is 0 Å². The molecule has 0 spiro atoms. The number of allylic oxidation sites excluding steroid dienone is 4. The number of Topliss-reactive ketones (excluding diaryl/α,β-unsaturated/α-hetero) is 1. The number of ketones is 1. The van der Waals surface area contributed by atoms with Gasteiger partial charge in [-0.3, -0.25) is 4.79 Å². The molecule has 1 unspecified atom stereocenters. The van der Waals surface area contributed by atoms with Crippen LogP contribution in [0.2, 0.25) is 19.6 Å². The molecule has 3 heteroatoms. The Balaban J connectivity index is 2.41. The smallest absolute Gasteiger partial charge is 0.191 e.